The Morgan fingerprint density at radius 1 is 1.33 bits per heavy atom. The smallest absolute Gasteiger partial charge is 0.437 e. The molecular formula is C15H11N3O5S. The van der Waals surface area contributed by atoms with Crippen molar-refractivity contribution in [3.05, 3.63) is 46.9 Å². The number of hydrogen-bond donors (Lipinski definition) is 2. The second kappa shape index (κ2) is 6.67. The van der Waals surface area contributed by atoms with E-state index in [2.05, 4.69) is 15.3 Å². The highest BCUT2D eigenvalue weighted by atomic mass is 32.2. The van der Waals surface area contributed by atoms with E-state index in [4.69, 9.17) is 9.84 Å². The molecule has 1 atom stereocenters. The first kappa shape index (κ1) is 15.9. The molecule has 2 amide bonds. The average Bonchev–Trinajstić information content (AvgIpc) is 2.98. The monoisotopic (exact) mass is 345 g/mol. The number of nitrogens with zero attached hydrogens (tertiary/aromatic N) is 2. The molecule has 0 saturated heterocycles. The molecule has 2 N–H and O–H groups in total. The van der Waals surface area contributed by atoms with Gasteiger partial charge in [0.2, 0.25) is 11.9 Å². The van der Waals surface area contributed by atoms with Crippen LogP contribution < -0.4 is 5.32 Å². The molecule has 0 aromatic heterocycles. The van der Waals surface area contributed by atoms with Crippen LogP contribution in [-0.4, -0.2) is 34.1 Å². The number of hydrogen-bond acceptors (Lipinski definition) is 5. The Balaban J connectivity index is 1.68. The molecule has 24 heavy (non-hydrogen) atoms. The van der Waals surface area contributed by atoms with Crippen LogP contribution in [0.15, 0.2) is 51.3 Å². The number of carbonyl (C=O) groups is 3. The number of carboxylic acids is 1. The van der Waals surface area contributed by atoms with Gasteiger partial charge in [-0.3, -0.25) is 10.1 Å². The van der Waals surface area contributed by atoms with Crippen molar-refractivity contribution in [2.75, 3.05) is 0 Å². The summed E-state index contributed by atoms with van der Waals surface area (Å²) in [7, 11) is 0. The summed E-state index contributed by atoms with van der Waals surface area (Å²) in [6.45, 7) is 0.0447. The first-order chi connectivity index (χ1) is 11.5. The predicted octanol–water partition coefficient (Wildman–Crippen LogP) is 1.54. The fourth-order valence-corrected chi connectivity index (χ4v) is 3.11. The third-order valence-electron chi connectivity index (χ3n) is 3.23. The van der Waals surface area contributed by atoms with Crippen molar-refractivity contribution < 1.29 is 24.2 Å². The number of aliphatic carboxylic acids is 1. The second-order valence-corrected chi connectivity index (χ2v) is 5.73. The van der Waals surface area contributed by atoms with Gasteiger partial charge < -0.3 is 9.84 Å². The Hall–Kier alpha value is -2.94. The highest BCUT2D eigenvalue weighted by molar-refractivity contribution is 8.17. The standard InChI is InChI=1S/C15H11N3O5S/c19-11-10-9(13(20)21)7-24-12(10)17-14(16-11)18-15(22)23-6-8-4-2-1-3-5-8/h1-5,7,10H,6H2,(H,20,21)(H,16,18,19,22). The molecule has 122 valence electrons. The second-order valence-electron chi connectivity index (χ2n) is 4.84. The van der Waals surface area contributed by atoms with Gasteiger partial charge in [-0.2, -0.15) is 0 Å². The van der Waals surface area contributed by atoms with E-state index in [1.54, 1.807) is 12.1 Å². The van der Waals surface area contributed by atoms with Crippen LogP contribution in [0.25, 0.3) is 0 Å². The molecule has 3 rings (SSSR count). The van der Waals surface area contributed by atoms with Crippen LogP contribution in [0.2, 0.25) is 0 Å². The van der Waals surface area contributed by atoms with Crippen molar-refractivity contribution in [3.8, 4) is 0 Å². The van der Waals surface area contributed by atoms with E-state index in [1.807, 2.05) is 18.2 Å². The molecule has 0 aliphatic carbocycles. The van der Waals surface area contributed by atoms with Gasteiger partial charge in [0.1, 0.15) is 12.5 Å². The average molecular weight is 345 g/mol. The van der Waals surface area contributed by atoms with Crippen LogP contribution in [0.5, 0.6) is 0 Å². The van der Waals surface area contributed by atoms with Gasteiger partial charge in [0.05, 0.1) is 10.6 Å². The zero-order valence-corrected chi connectivity index (χ0v) is 12.9. The molecule has 1 aromatic rings. The van der Waals surface area contributed by atoms with E-state index < -0.39 is 23.9 Å². The quantitative estimate of drug-likeness (QED) is 0.858. The zero-order valence-electron chi connectivity index (χ0n) is 12.1. The lowest BCUT2D eigenvalue weighted by Gasteiger charge is -2.18. The normalized spacial score (nSPS) is 20.8. The highest BCUT2D eigenvalue weighted by Gasteiger charge is 2.40. The van der Waals surface area contributed by atoms with Gasteiger partial charge in [-0.1, -0.05) is 42.1 Å². The lowest BCUT2D eigenvalue weighted by molar-refractivity contribution is -0.134. The minimum Gasteiger partial charge on any atom is -0.478 e. The van der Waals surface area contributed by atoms with Crippen molar-refractivity contribution in [1.82, 2.24) is 5.32 Å². The van der Waals surface area contributed by atoms with E-state index in [9.17, 15) is 14.4 Å². The minimum atomic E-state index is -1.18. The van der Waals surface area contributed by atoms with Gasteiger partial charge in [-0.15, -0.1) is 4.99 Å². The van der Waals surface area contributed by atoms with Gasteiger partial charge in [0.25, 0.3) is 0 Å². The summed E-state index contributed by atoms with van der Waals surface area (Å²) >= 11 is 1.02. The lowest BCUT2D eigenvalue weighted by atomic mass is 10.0. The summed E-state index contributed by atoms with van der Waals surface area (Å²) in [4.78, 5) is 42.4. The molecule has 0 fully saturated rings. The molecule has 0 bridgehead atoms. The number of thioether (sulfide) groups is 1. The van der Waals surface area contributed by atoms with Crippen molar-refractivity contribution in [3.63, 3.8) is 0 Å². The number of carboxylic acid groups (broad SMARTS) is 1. The van der Waals surface area contributed by atoms with Crippen molar-refractivity contribution in [1.29, 1.82) is 0 Å². The topological polar surface area (TPSA) is 117 Å². The molecule has 2 heterocycles. The maximum absolute atomic E-state index is 12.0. The van der Waals surface area contributed by atoms with Crippen molar-refractivity contribution >= 4 is 40.7 Å². The zero-order chi connectivity index (χ0) is 17.1. The van der Waals surface area contributed by atoms with Gasteiger partial charge in [0.15, 0.2) is 0 Å². The number of carbonyl (C=O) groups excluding carboxylic acids is 2. The highest BCUT2D eigenvalue weighted by Crippen LogP contribution is 2.33. The molecule has 2 aliphatic heterocycles. The molecule has 0 saturated carbocycles. The molecule has 8 nitrogen and oxygen atoms in total. The van der Waals surface area contributed by atoms with Gasteiger partial charge in [0, 0.05) is 0 Å². The molecule has 0 spiro atoms. The number of amides is 2. The van der Waals surface area contributed by atoms with E-state index in [1.165, 1.54) is 5.41 Å². The van der Waals surface area contributed by atoms with Crippen molar-refractivity contribution in [2.45, 2.75) is 6.61 Å². The summed E-state index contributed by atoms with van der Waals surface area (Å²) in [5, 5.41) is 13.0. The number of nitrogens with one attached hydrogen (secondary N) is 1. The molecule has 1 unspecified atom stereocenters. The Morgan fingerprint density at radius 2 is 2.08 bits per heavy atom. The number of fused-ring (bicyclic) bond motifs is 1. The summed E-state index contributed by atoms with van der Waals surface area (Å²) in [5.41, 5.74) is 0.744. The Kier molecular flexibility index (Phi) is 4.43. The molecule has 2 aliphatic rings. The Labute approximate surface area is 140 Å². The molecule has 0 radical (unpaired) electrons. The summed E-state index contributed by atoms with van der Waals surface area (Å²) < 4.78 is 4.98. The maximum atomic E-state index is 12.0. The Morgan fingerprint density at radius 3 is 2.79 bits per heavy atom. The summed E-state index contributed by atoms with van der Waals surface area (Å²) in [6.07, 6.45) is -0.897. The SMILES string of the molecule is O=C(/N=C1/N=C2SC=C(C(=O)O)C2C(=O)N1)OCc1ccccc1. The number of aliphatic imine (C=N–C) groups is 2. The van der Waals surface area contributed by atoms with E-state index in [-0.39, 0.29) is 23.2 Å². The number of ether oxygens (including phenoxy) is 1. The van der Waals surface area contributed by atoms with Crippen LogP contribution >= 0.6 is 11.8 Å². The fraction of sp³-hybridized carbons (Fsp3) is 0.133. The van der Waals surface area contributed by atoms with Crippen LogP contribution in [0.1, 0.15) is 5.56 Å². The van der Waals surface area contributed by atoms with Gasteiger partial charge in [-0.25, -0.2) is 14.6 Å². The fourth-order valence-electron chi connectivity index (χ4n) is 2.12. The molecule has 9 heteroatoms. The number of rotatable bonds is 3. The van der Waals surface area contributed by atoms with Crippen LogP contribution in [0.3, 0.4) is 0 Å². The van der Waals surface area contributed by atoms with Crippen LogP contribution in [-0.2, 0) is 20.9 Å². The first-order valence-electron chi connectivity index (χ1n) is 6.83. The molecule has 1 aromatic carbocycles. The van der Waals surface area contributed by atoms with Crippen molar-refractivity contribution in [2.24, 2.45) is 15.9 Å². The Bertz CT molecular complexity index is 801. The first-order valence-corrected chi connectivity index (χ1v) is 7.71. The van der Waals surface area contributed by atoms with Crippen LogP contribution in [0, 0.1) is 5.92 Å². The number of guanidine groups is 1. The third kappa shape index (κ3) is 3.35. The summed E-state index contributed by atoms with van der Waals surface area (Å²) in [5.74, 6) is -2.95. The van der Waals surface area contributed by atoms with E-state index in [0.717, 1.165) is 17.3 Å². The number of benzene rings is 1. The predicted molar refractivity (Wildman–Crippen MR) is 86.4 cm³/mol. The van der Waals surface area contributed by atoms with Gasteiger partial charge >= 0.3 is 12.1 Å². The maximum Gasteiger partial charge on any atom is 0.437 e. The molecular weight excluding hydrogens is 334 g/mol. The third-order valence-corrected chi connectivity index (χ3v) is 4.17. The minimum absolute atomic E-state index is 0.0447. The van der Waals surface area contributed by atoms with E-state index >= 15 is 0 Å². The van der Waals surface area contributed by atoms with Gasteiger partial charge in [-0.05, 0) is 11.0 Å². The van der Waals surface area contributed by atoms with E-state index in [0.29, 0.717) is 0 Å². The largest absolute Gasteiger partial charge is 0.478 e. The summed E-state index contributed by atoms with van der Waals surface area (Å²) in [6, 6.07) is 9.05. The van der Waals surface area contributed by atoms with Crippen LogP contribution in [0.4, 0.5) is 4.79 Å². The lowest BCUT2D eigenvalue weighted by Crippen LogP contribution is -2.43.